The van der Waals surface area contributed by atoms with Gasteiger partial charge in [-0.15, -0.1) is 0 Å². The van der Waals surface area contributed by atoms with E-state index in [1.54, 1.807) is 6.92 Å². The SMILES string of the molecule is CCn1nc(C(F)(F)F)c(N)c1OC. The molecular weight excluding hydrogens is 199 g/mol. The standard InChI is InChI=1S/C7H10F3N3O/c1-3-13-6(14-2)4(11)5(12-13)7(8,9)10/h3,11H2,1-2H3. The van der Waals surface area contributed by atoms with E-state index in [9.17, 15) is 13.2 Å². The Labute approximate surface area is 78.4 Å². The fraction of sp³-hybridized carbons (Fsp3) is 0.571. The molecule has 7 heteroatoms. The van der Waals surface area contributed by atoms with Crippen molar-refractivity contribution in [3.63, 3.8) is 0 Å². The zero-order chi connectivity index (χ0) is 10.9. The van der Waals surface area contributed by atoms with Crippen molar-refractivity contribution in [3.8, 4) is 5.88 Å². The first kappa shape index (κ1) is 10.7. The summed E-state index contributed by atoms with van der Waals surface area (Å²) in [4.78, 5) is 0. The summed E-state index contributed by atoms with van der Waals surface area (Å²) >= 11 is 0. The molecule has 0 aliphatic rings. The third kappa shape index (κ3) is 1.61. The maximum atomic E-state index is 12.3. The van der Waals surface area contributed by atoms with Crippen LogP contribution in [0.1, 0.15) is 12.6 Å². The Balaban J connectivity index is 3.28. The monoisotopic (exact) mass is 209 g/mol. The van der Waals surface area contributed by atoms with Gasteiger partial charge in [0.1, 0.15) is 5.69 Å². The number of hydrogen-bond donors (Lipinski definition) is 1. The summed E-state index contributed by atoms with van der Waals surface area (Å²) in [6, 6.07) is 0. The van der Waals surface area contributed by atoms with Gasteiger partial charge in [-0.05, 0) is 6.92 Å². The summed E-state index contributed by atoms with van der Waals surface area (Å²) in [5.41, 5.74) is 3.68. The molecule has 0 bridgehead atoms. The second-order valence-corrected chi connectivity index (χ2v) is 2.59. The molecule has 0 saturated carbocycles. The molecule has 1 heterocycles. The Morgan fingerprint density at radius 3 is 2.36 bits per heavy atom. The maximum Gasteiger partial charge on any atom is 0.437 e. The quantitative estimate of drug-likeness (QED) is 0.803. The van der Waals surface area contributed by atoms with Crippen molar-refractivity contribution >= 4 is 5.69 Å². The highest BCUT2D eigenvalue weighted by Gasteiger charge is 2.38. The Bertz CT molecular complexity index is 332. The van der Waals surface area contributed by atoms with E-state index in [4.69, 9.17) is 10.5 Å². The van der Waals surface area contributed by atoms with Crippen LogP contribution in [0.5, 0.6) is 5.88 Å². The lowest BCUT2D eigenvalue weighted by Gasteiger charge is -2.02. The maximum absolute atomic E-state index is 12.3. The van der Waals surface area contributed by atoms with Crippen molar-refractivity contribution in [3.05, 3.63) is 5.69 Å². The van der Waals surface area contributed by atoms with Crippen molar-refractivity contribution < 1.29 is 17.9 Å². The number of alkyl halides is 3. The topological polar surface area (TPSA) is 53.1 Å². The molecule has 1 aromatic heterocycles. The van der Waals surface area contributed by atoms with E-state index in [1.807, 2.05) is 0 Å². The van der Waals surface area contributed by atoms with Gasteiger partial charge in [-0.1, -0.05) is 0 Å². The summed E-state index contributed by atoms with van der Waals surface area (Å²) in [6.07, 6.45) is -4.54. The van der Waals surface area contributed by atoms with Crippen LogP contribution in [0.3, 0.4) is 0 Å². The third-order valence-electron chi connectivity index (χ3n) is 1.70. The average Bonchev–Trinajstić information content (AvgIpc) is 2.40. The van der Waals surface area contributed by atoms with E-state index in [1.165, 1.54) is 7.11 Å². The zero-order valence-electron chi connectivity index (χ0n) is 7.72. The van der Waals surface area contributed by atoms with Crippen LogP contribution in [0.4, 0.5) is 18.9 Å². The largest absolute Gasteiger partial charge is 0.480 e. The fourth-order valence-electron chi connectivity index (χ4n) is 1.10. The van der Waals surface area contributed by atoms with Gasteiger partial charge in [-0.25, -0.2) is 4.68 Å². The van der Waals surface area contributed by atoms with Gasteiger partial charge in [0.15, 0.2) is 5.69 Å². The molecule has 0 saturated heterocycles. The normalized spacial score (nSPS) is 11.8. The number of nitrogen functional groups attached to an aromatic ring is 1. The van der Waals surface area contributed by atoms with Gasteiger partial charge in [0.25, 0.3) is 0 Å². The van der Waals surface area contributed by atoms with Crippen LogP contribution >= 0.6 is 0 Å². The number of ether oxygens (including phenoxy) is 1. The van der Waals surface area contributed by atoms with Crippen LogP contribution in [0.15, 0.2) is 0 Å². The van der Waals surface area contributed by atoms with Crippen LogP contribution in [0, 0.1) is 0 Å². The van der Waals surface area contributed by atoms with E-state index < -0.39 is 17.6 Å². The van der Waals surface area contributed by atoms with Crippen LogP contribution in [-0.2, 0) is 12.7 Å². The molecule has 0 unspecified atom stereocenters. The number of rotatable bonds is 2. The van der Waals surface area contributed by atoms with E-state index in [0.717, 1.165) is 4.68 Å². The van der Waals surface area contributed by atoms with Gasteiger partial charge in [0.2, 0.25) is 5.88 Å². The molecule has 1 aromatic rings. The molecule has 80 valence electrons. The van der Waals surface area contributed by atoms with Crippen molar-refractivity contribution in [1.29, 1.82) is 0 Å². The Morgan fingerprint density at radius 2 is 2.07 bits per heavy atom. The Morgan fingerprint density at radius 1 is 1.50 bits per heavy atom. The highest BCUT2D eigenvalue weighted by Crippen LogP contribution is 2.37. The lowest BCUT2D eigenvalue weighted by Crippen LogP contribution is -2.09. The molecule has 2 N–H and O–H groups in total. The summed E-state index contributed by atoms with van der Waals surface area (Å²) < 4.78 is 42.7. The van der Waals surface area contributed by atoms with Crippen LogP contribution in [0.25, 0.3) is 0 Å². The molecule has 14 heavy (non-hydrogen) atoms. The predicted octanol–water partition coefficient (Wildman–Crippen LogP) is 1.51. The van der Waals surface area contributed by atoms with Crippen molar-refractivity contribution in [1.82, 2.24) is 9.78 Å². The Hall–Kier alpha value is -1.40. The average molecular weight is 209 g/mol. The first-order chi connectivity index (χ1) is 6.41. The fourth-order valence-corrected chi connectivity index (χ4v) is 1.10. The molecular formula is C7H10F3N3O. The number of aromatic nitrogens is 2. The van der Waals surface area contributed by atoms with Gasteiger partial charge in [-0.3, -0.25) is 0 Å². The summed E-state index contributed by atoms with van der Waals surface area (Å²) in [7, 11) is 1.25. The number of anilines is 1. The smallest absolute Gasteiger partial charge is 0.437 e. The van der Waals surface area contributed by atoms with Gasteiger partial charge >= 0.3 is 6.18 Å². The molecule has 0 aliphatic heterocycles. The number of aryl methyl sites for hydroxylation is 1. The predicted molar refractivity (Wildman–Crippen MR) is 43.9 cm³/mol. The molecule has 0 fully saturated rings. The van der Waals surface area contributed by atoms with Gasteiger partial charge < -0.3 is 10.5 Å². The molecule has 0 aliphatic carbocycles. The molecule has 0 radical (unpaired) electrons. The summed E-state index contributed by atoms with van der Waals surface area (Å²) in [6.45, 7) is 1.92. The third-order valence-corrected chi connectivity index (χ3v) is 1.70. The highest BCUT2D eigenvalue weighted by atomic mass is 19.4. The molecule has 0 atom stereocenters. The second kappa shape index (κ2) is 3.39. The minimum Gasteiger partial charge on any atom is -0.480 e. The summed E-state index contributed by atoms with van der Waals surface area (Å²) in [5, 5.41) is 3.31. The molecule has 0 spiro atoms. The molecule has 0 aromatic carbocycles. The second-order valence-electron chi connectivity index (χ2n) is 2.59. The van der Waals surface area contributed by atoms with Gasteiger partial charge in [0, 0.05) is 6.54 Å². The van der Waals surface area contributed by atoms with Crippen molar-refractivity contribution in [2.24, 2.45) is 0 Å². The number of halogens is 3. The van der Waals surface area contributed by atoms with Crippen LogP contribution in [0.2, 0.25) is 0 Å². The van der Waals surface area contributed by atoms with E-state index in [-0.39, 0.29) is 12.4 Å². The number of nitrogens with two attached hydrogens (primary N) is 1. The zero-order valence-corrected chi connectivity index (χ0v) is 7.72. The first-order valence-corrected chi connectivity index (χ1v) is 3.89. The molecule has 4 nitrogen and oxygen atoms in total. The number of nitrogens with zero attached hydrogens (tertiary/aromatic N) is 2. The number of hydrogen-bond acceptors (Lipinski definition) is 3. The highest BCUT2D eigenvalue weighted by molar-refractivity contribution is 5.54. The minimum atomic E-state index is -4.54. The van der Waals surface area contributed by atoms with Gasteiger partial charge in [-0.2, -0.15) is 18.3 Å². The van der Waals surface area contributed by atoms with Gasteiger partial charge in [0.05, 0.1) is 7.11 Å². The van der Waals surface area contributed by atoms with E-state index in [2.05, 4.69) is 5.10 Å². The van der Waals surface area contributed by atoms with E-state index >= 15 is 0 Å². The molecule has 1 rings (SSSR count). The Kier molecular flexibility index (Phi) is 2.59. The van der Waals surface area contributed by atoms with Crippen LogP contribution in [-0.4, -0.2) is 16.9 Å². The first-order valence-electron chi connectivity index (χ1n) is 3.89. The van der Waals surface area contributed by atoms with Crippen molar-refractivity contribution in [2.45, 2.75) is 19.6 Å². The van der Waals surface area contributed by atoms with Crippen LogP contribution < -0.4 is 10.5 Å². The lowest BCUT2D eigenvalue weighted by atomic mass is 10.3. The number of methoxy groups -OCH3 is 1. The van der Waals surface area contributed by atoms with Crippen molar-refractivity contribution in [2.75, 3.05) is 12.8 Å². The minimum absolute atomic E-state index is 0.0557. The van der Waals surface area contributed by atoms with E-state index in [0.29, 0.717) is 0 Å². The lowest BCUT2D eigenvalue weighted by molar-refractivity contribution is -0.140. The summed E-state index contributed by atoms with van der Waals surface area (Å²) in [5.74, 6) is -0.0557. The molecule has 0 amide bonds.